The zero-order valence-corrected chi connectivity index (χ0v) is 9.14. The van der Waals surface area contributed by atoms with Crippen LogP contribution in [0.1, 0.15) is 15.9 Å². The quantitative estimate of drug-likeness (QED) is 0.825. The molecule has 0 saturated carbocycles. The predicted molar refractivity (Wildman–Crippen MR) is 56.8 cm³/mol. The van der Waals surface area contributed by atoms with Gasteiger partial charge in [0.25, 0.3) is 0 Å². The van der Waals surface area contributed by atoms with Crippen LogP contribution in [0.2, 0.25) is 0 Å². The van der Waals surface area contributed by atoms with Crippen molar-refractivity contribution in [3.8, 4) is 5.75 Å². The molecule has 0 aliphatic heterocycles. The van der Waals surface area contributed by atoms with Gasteiger partial charge >= 0.3 is 18.3 Å². The molecule has 0 aliphatic carbocycles. The van der Waals surface area contributed by atoms with E-state index in [0.29, 0.717) is 12.1 Å². The Morgan fingerprint density at radius 3 is 2.26 bits per heavy atom. The van der Waals surface area contributed by atoms with Crippen molar-refractivity contribution in [2.45, 2.75) is 6.36 Å². The van der Waals surface area contributed by atoms with Crippen molar-refractivity contribution >= 4 is 18.0 Å². The summed E-state index contributed by atoms with van der Waals surface area (Å²) in [7, 11) is 0. The summed E-state index contributed by atoms with van der Waals surface area (Å²) in [6.07, 6.45) is -3.35. The number of carboxylic acids is 2. The highest BCUT2D eigenvalue weighted by atomic mass is 19.4. The van der Waals surface area contributed by atoms with Crippen LogP contribution >= 0.6 is 0 Å². The number of aliphatic carboxylic acids is 1. The highest BCUT2D eigenvalue weighted by Gasteiger charge is 2.31. The lowest BCUT2D eigenvalue weighted by Crippen LogP contribution is -2.17. The molecule has 0 spiro atoms. The van der Waals surface area contributed by atoms with E-state index in [9.17, 15) is 22.8 Å². The lowest BCUT2D eigenvalue weighted by atomic mass is 10.1. The van der Waals surface area contributed by atoms with Gasteiger partial charge in [-0.2, -0.15) is 0 Å². The first-order chi connectivity index (χ1) is 8.67. The number of ether oxygens (including phenoxy) is 1. The van der Waals surface area contributed by atoms with E-state index in [1.807, 2.05) is 0 Å². The minimum atomic E-state index is -4.97. The SMILES string of the molecule is O=C(O)C=Cc1cc(OC(F)(F)F)cc(C(=O)O)c1. The Hall–Kier alpha value is -2.51. The maximum atomic E-state index is 12.0. The average Bonchev–Trinajstić information content (AvgIpc) is 2.23. The zero-order valence-electron chi connectivity index (χ0n) is 9.14. The number of hydrogen-bond donors (Lipinski definition) is 2. The summed E-state index contributed by atoms with van der Waals surface area (Å²) in [5.74, 6) is -3.52. The van der Waals surface area contributed by atoms with Gasteiger partial charge in [-0.05, 0) is 29.8 Å². The molecule has 1 aromatic rings. The number of carbonyl (C=O) groups is 2. The molecule has 0 unspecified atom stereocenters. The third-order valence-corrected chi connectivity index (χ3v) is 1.83. The van der Waals surface area contributed by atoms with E-state index >= 15 is 0 Å². The fourth-order valence-corrected chi connectivity index (χ4v) is 1.20. The maximum Gasteiger partial charge on any atom is 0.573 e. The van der Waals surface area contributed by atoms with E-state index in [0.717, 1.165) is 18.2 Å². The number of hydrogen-bond acceptors (Lipinski definition) is 3. The monoisotopic (exact) mass is 276 g/mol. The number of benzene rings is 1. The van der Waals surface area contributed by atoms with Gasteiger partial charge in [-0.1, -0.05) is 0 Å². The second-order valence-corrected chi connectivity index (χ2v) is 3.32. The number of rotatable bonds is 4. The van der Waals surface area contributed by atoms with Gasteiger partial charge in [0, 0.05) is 6.08 Å². The number of carboxylic acid groups (broad SMARTS) is 2. The summed E-state index contributed by atoms with van der Waals surface area (Å²) in [5, 5.41) is 17.1. The van der Waals surface area contributed by atoms with Crippen LogP contribution < -0.4 is 4.74 Å². The van der Waals surface area contributed by atoms with Gasteiger partial charge < -0.3 is 14.9 Å². The minimum absolute atomic E-state index is 0.0402. The van der Waals surface area contributed by atoms with Gasteiger partial charge in [-0.25, -0.2) is 9.59 Å². The molecule has 0 amide bonds. The van der Waals surface area contributed by atoms with Crippen LogP contribution in [-0.2, 0) is 4.79 Å². The molecule has 102 valence electrons. The second-order valence-electron chi connectivity index (χ2n) is 3.32. The fraction of sp³-hybridized carbons (Fsp3) is 0.0909. The summed E-state index contributed by atoms with van der Waals surface area (Å²) in [4.78, 5) is 21.0. The van der Waals surface area contributed by atoms with E-state index < -0.39 is 29.6 Å². The molecule has 0 radical (unpaired) electrons. The molecule has 0 atom stereocenters. The molecule has 0 heterocycles. The molecule has 19 heavy (non-hydrogen) atoms. The molecule has 0 saturated heterocycles. The fourth-order valence-electron chi connectivity index (χ4n) is 1.20. The van der Waals surface area contributed by atoms with Crippen molar-refractivity contribution in [3.05, 3.63) is 35.4 Å². The summed E-state index contributed by atoms with van der Waals surface area (Å²) >= 11 is 0. The highest BCUT2D eigenvalue weighted by molar-refractivity contribution is 5.90. The van der Waals surface area contributed by atoms with E-state index in [2.05, 4.69) is 4.74 Å². The molecule has 5 nitrogen and oxygen atoms in total. The van der Waals surface area contributed by atoms with Crippen LogP contribution in [0.5, 0.6) is 5.75 Å². The minimum Gasteiger partial charge on any atom is -0.478 e. The molecule has 1 aromatic carbocycles. The Bertz CT molecular complexity index is 534. The first kappa shape index (κ1) is 14.6. The highest BCUT2D eigenvalue weighted by Crippen LogP contribution is 2.25. The van der Waals surface area contributed by atoms with Crippen molar-refractivity contribution in [2.75, 3.05) is 0 Å². The topological polar surface area (TPSA) is 83.8 Å². The molecule has 0 aromatic heterocycles. The third kappa shape index (κ3) is 5.11. The van der Waals surface area contributed by atoms with Gasteiger partial charge in [-0.3, -0.25) is 0 Å². The van der Waals surface area contributed by atoms with Crippen LogP contribution in [-0.4, -0.2) is 28.5 Å². The zero-order chi connectivity index (χ0) is 14.6. The van der Waals surface area contributed by atoms with Crippen LogP contribution in [0, 0.1) is 0 Å². The van der Waals surface area contributed by atoms with Gasteiger partial charge in [0.2, 0.25) is 0 Å². The predicted octanol–water partition coefficient (Wildman–Crippen LogP) is 2.38. The molecule has 0 bridgehead atoms. The van der Waals surface area contributed by atoms with E-state index in [4.69, 9.17) is 10.2 Å². The Kier molecular flexibility index (Phi) is 4.15. The number of alkyl halides is 3. The molecule has 1 rings (SSSR count). The van der Waals surface area contributed by atoms with Gasteiger partial charge in [0.05, 0.1) is 5.56 Å². The first-order valence-corrected chi connectivity index (χ1v) is 4.72. The number of aromatic carboxylic acids is 1. The van der Waals surface area contributed by atoms with Crippen molar-refractivity contribution < 1.29 is 37.7 Å². The maximum absolute atomic E-state index is 12.0. The van der Waals surface area contributed by atoms with E-state index in [-0.39, 0.29) is 5.56 Å². The van der Waals surface area contributed by atoms with Gasteiger partial charge in [-0.15, -0.1) is 13.2 Å². The number of halogens is 3. The van der Waals surface area contributed by atoms with Crippen LogP contribution in [0.25, 0.3) is 6.08 Å². The standard InChI is InChI=1S/C11H7F3O5/c12-11(13,14)19-8-4-6(1-2-9(15)16)3-7(5-8)10(17)18/h1-5H,(H,15,16)(H,17,18). The first-order valence-electron chi connectivity index (χ1n) is 4.72. The molecule has 0 fully saturated rings. The molecular formula is C11H7F3O5. The largest absolute Gasteiger partial charge is 0.573 e. The van der Waals surface area contributed by atoms with Crippen LogP contribution in [0.15, 0.2) is 24.3 Å². The Balaban J connectivity index is 3.18. The van der Waals surface area contributed by atoms with Gasteiger partial charge in [0.15, 0.2) is 0 Å². The lowest BCUT2D eigenvalue weighted by molar-refractivity contribution is -0.274. The van der Waals surface area contributed by atoms with E-state index in [1.165, 1.54) is 0 Å². The Morgan fingerprint density at radius 2 is 1.79 bits per heavy atom. The molecule has 0 aliphatic rings. The van der Waals surface area contributed by atoms with Crippen LogP contribution in [0.3, 0.4) is 0 Å². The molecule has 2 N–H and O–H groups in total. The summed E-state index contributed by atoms with van der Waals surface area (Å²) < 4.78 is 39.7. The van der Waals surface area contributed by atoms with E-state index in [1.54, 1.807) is 0 Å². The second kappa shape index (κ2) is 5.42. The summed E-state index contributed by atoms with van der Waals surface area (Å²) in [6.45, 7) is 0. The van der Waals surface area contributed by atoms with Crippen molar-refractivity contribution in [3.63, 3.8) is 0 Å². The summed E-state index contributed by atoms with van der Waals surface area (Å²) in [5.41, 5.74) is -0.492. The van der Waals surface area contributed by atoms with Crippen LogP contribution in [0.4, 0.5) is 13.2 Å². The Labute approximate surface area is 104 Å². The smallest absolute Gasteiger partial charge is 0.478 e. The van der Waals surface area contributed by atoms with Gasteiger partial charge in [0.1, 0.15) is 5.75 Å². The molecule has 8 heteroatoms. The van der Waals surface area contributed by atoms with Crippen molar-refractivity contribution in [2.24, 2.45) is 0 Å². The lowest BCUT2D eigenvalue weighted by Gasteiger charge is -2.10. The third-order valence-electron chi connectivity index (χ3n) is 1.83. The molecular weight excluding hydrogens is 269 g/mol. The van der Waals surface area contributed by atoms with Crippen molar-refractivity contribution in [1.29, 1.82) is 0 Å². The average molecular weight is 276 g/mol. The summed E-state index contributed by atoms with van der Waals surface area (Å²) in [6, 6.07) is 2.58. The Morgan fingerprint density at radius 1 is 1.16 bits per heavy atom. The van der Waals surface area contributed by atoms with Crippen molar-refractivity contribution in [1.82, 2.24) is 0 Å². The normalized spacial score (nSPS) is 11.5.